The molecule has 0 bridgehead atoms. The molecule has 108 valence electrons. The van der Waals surface area contributed by atoms with Crippen molar-refractivity contribution in [3.63, 3.8) is 0 Å². The third-order valence-electron chi connectivity index (χ3n) is 2.73. The van der Waals surface area contributed by atoms with E-state index in [2.05, 4.69) is 46.9 Å². The maximum Gasteiger partial charge on any atom is 0.501 e. The van der Waals surface area contributed by atoms with Crippen molar-refractivity contribution in [1.82, 2.24) is 0 Å². The lowest BCUT2D eigenvalue weighted by Crippen LogP contribution is -2.46. The van der Waals surface area contributed by atoms with E-state index in [1.54, 1.807) is 0 Å². The van der Waals surface area contributed by atoms with Crippen molar-refractivity contribution in [2.45, 2.75) is 33.2 Å². The van der Waals surface area contributed by atoms with E-state index in [-0.39, 0.29) is 0 Å². The summed E-state index contributed by atoms with van der Waals surface area (Å²) in [5, 5.41) is 0. The minimum absolute atomic E-state index is 0.638. The van der Waals surface area contributed by atoms with Gasteiger partial charge in [0.25, 0.3) is 0 Å². The highest BCUT2D eigenvalue weighted by atomic mass is 127. The molecule has 1 aromatic carbocycles. The molecule has 0 heterocycles. The van der Waals surface area contributed by atoms with E-state index in [0.29, 0.717) is 19.8 Å². The summed E-state index contributed by atoms with van der Waals surface area (Å²) in [4.78, 5) is 0. The lowest BCUT2D eigenvalue weighted by Gasteiger charge is -2.28. The Morgan fingerprint density at radius 1 is 0.895 bits per heavy atom. The molecule has 3 nitrogen and oxygen atoms in total. The molecule has 0 amide bonds. The zero-order chi connectivity index (χ0) is 14.1. The zero-order valence-electron chi connectivity index (χ0n) is 11.9. The fourth-order valence-electron chi connectivity index (χ4n) is 1.95. The molecule has 1 aromatic rings. The quantitative estimate of drug-likeness (QED) is 0.470. The smallest absolute Gasteiger partial charge is 0.374 e. The molecule has 0 fully saturated rings. The molecule has 0 atom stereocenters. The van der Waals surface area contributed by atoms with Crippen molar-refractivity contribution in [1.29, 1.82) is 0 Å². The van der Waals surface area contributed by atoms with Crippen LogP contribution in [0.4, 0.5) is 0 Å². The molecule has 5 heteroatoms. The lowest BCUT2D eigenvalue weighted by atomic mass is 10.2. The molecule has 0 unspecified atom stereocenters. The van der Waals surface area contributed by atoms with Crippen LogP contribution in [0, 0.1) is 3.57 Å². The summed E-state index contributed by atoms with van der Waals surface area (Å²) in [5.41, 5.74) is 1.30. The molecular formula is C14H23IO3Si. The summed E-state index contributed by atoms with van der Waals surface area (Å²) >= 11 is 2.32. The van der Waals surface area contributed by atoms with Crippen LogP contribution in [0.2, 0.25) is 6.04 Å². The second kappa shape index (κ2) is 9.07. The molecule has 0 N–H and O–H groups in total. The second-order valence-electron chi connectivity index (χ2n) is 4.11. The monoisotopic (exact) mass is 394 g/mol. The highest BCUT2D eigenvalue weighted by molar-refractivity contribution is 14.1. The summed E-state index contributed by atoms with van der Waals surface area (Å²) in [5.74, 6) is 0. The van der Waals surface area contributed by atoms with E-state index in [9.17, 15) is 0 Å². The Balaban J connectivity index is 2.67. The number of rotatable bonds is 9. The van der Waals surface area contributed by atoms with Gasteiger partial charge >= 0.3 is 8.80 Å². The van der Waals surface area contributed by atoms with Crippen LogP contribution in [0.15, 0.2) is 24.3 Å². The summed E-state index contributed by atoms with van der Waals surface area (Å²) in [7, 11) is -2.49. The minimum atomic E-state index is -2.49. The van der Waals surface area contributed by atoms with E-state index >= 15 is 0 Å². The fraction of sp³-hybridized carbons (Fsp3) is 0.571. The van der Waals surface area contributed by atoms with Gasteiger partial charge in [-0.15, -0.1) is 0 Å². The van der Waals surface area contributed by atoms with E-state index in [1.807, 2.05) is 20.8 Å². The van der Waals surface area contributed by atoms with Crippen LogP contribution in [0.25, 0.3) is 0 Å². The first kappa shape index (κ1) is 17.1. The molecule has 0 saturated carbocycles. The van der Waals surface area contributed by atoms with Crippen LogP contribution >= 0.6 is 22.6 Å². The van der Waals surface area contributed by atoms with E-state index in [0.717, 1.165) is 12.5 Å². The Morgan fingerprint density at radius 3 is 1.79 bits per heavy atom. The van der Waals surface area contributed by atoms with Crippen molar-refractivity contribution in [3.8, 4) is 0 Å². The number of halogens is 1. The lowest BCUT2D eigenvalue weighted by molar-refractivity contribution is 0.0714. The van der Waals surface area contributed by atoms with Gasteiger partial charge in [-0.2, -0.15) is 0 Å². The van der Waals surface area contributed by atoms with Crippen LogP contribution in [0.1, 0.15) is 26.3 Å². The van der Waals surface area contributed by atoms with Gasteiger partial charge in [-0.05, 0) is 67.5 Å². The standard InChI is InChI=1S/C14H23IO3Si/c1-4-16-19(17-5-2,18-6-3)12-11-13-7-9-14(15)10-8-13/h7-10H,4-6,11-12H2,1-3H3. The third kappa shape index (κ3) is 5.91. The number of benzene rings is 1. The van der Waals surface area contributed by atoms with E-state index < -0.39 is 8.80 Å². The van der Waals surface area contributed by atoms with Crippen LogP contribution < -0.4 is 0 Å². The molecule has 0 saturated heterocycles. The van der Waals surface area contributed by atoms with Crippen molar-refractivity contribution in [3.05, 3.63) is 33.4 Å². The molecule has 19 heavy (non-hydrogen) atoms. The maximum atomic E-state index is 5.85. The first-order valence-corrected chi connectivity index (χ1v) is 9.83. The number of hydrogen-bond acceptors (Lipinski definition) is 3. The first-order valence-electron chi connectivity index (χ1n) is 6.82. The highest BCUT2D eigenvalue weighted by Gasteiger charge is 2.39. The maximum absolute atomic E-state index is 5.85. The fourth-order valence-corrected chi connectivity index (χ4v) is 4.91. The minimum Gasteiger partial charge on any atom is -0.374 e. The van der Waals surface area contributed by atoms with Crippen molar-refractivity contribution < 1.29 is 13.3 Å². The van der Waals surface area contributed by atoms with Crippen LogP contribution in [-0.2, 0) is 19.7 Å². The topological polar surface area (TPSA) is 27.7 Å². The van der Waals surface area contributed by atoms with Gasteiger partial charge in [-0.1, -0.05) is 12.1 Å². The third-order valence-corrected chi connectivity index (χ3v) is 6.49. The van der Waals surface area contributed by atoms with Crippen molar-refractivity contribution in [2.24, 2.45) is 0 Å². The zero-order valence-corrected chi connectivity index (χ0v) is 15.1. The summed E-state index contributed by atoms with van der Waals surface area (Å²) in [6.07, 6.45) is 0.934. The number of hydrogen-bond donors (Lipinski definition) is 0. The normalized spacial score (nSPS) is 11.8. The summed E-state index contributed by atoms with van der Waals surface area (Å²) in [6, 6.07) is 9.40. The van der Waals surface area contributed by atoms with E-state index in [1.165, 1.54) is 9.13 Å². The largest absolute Gasteiger partial charge is 0.501 e. The predicted molar refractivity (Wildman–Crippen MR) is 88.3 cm³/mol. The first-order chi connectivity index (χ1) is 9.15. The average Bonchev–Trinajstić information content (AvgIpc) is 2.39. The van der Waals surface area contributed by atoms with Gasteiger partial charge in [0.15, 0.2) is 0 Å². The summed E-state index contributed by atoms with van der Waals surface area (Å²) in [6.45, 7) is 7.89. The molecule has 0 aliphatic heterocycles. The molecule has 0 spiro atoms. The Hall–Kier alpha value is 0.0469. The molecule has 1 rings (SSSR count). The van der Waals surface area contributed by atoms with Crippen molar-refractivity contribution in [2.75, 3.05) is 19.8 Å². The highest BCUT2D eigenvalue weighted by Crippen LogP contribution is 2.19. The van der Waals surface area contributed by atoms with Crippen LogP contribution in [-0.4, -0.2) is 28.6 Å². The molecule has 0 radical (unpaired) electrons. The Morgan fingerprint density at radius 2 is 1.37 bits per heavy atom. The molecule has 0 aliphatic carbocycles. The SMILES string of the molecule is CCO[Si](CCc1ccc(I)cc1)(OCC)OCC. The van der Waals surface area contributed by atoms with Gasteiger partial charge in [0, 0.05) is 29.4 Å². The predicted octanol–water partition coefficient (Wildman–Crippen LogP) is 3.88. The van der Waals surface area contributed by atoms with Gasteiger partial charge in [-0.25, -0.2) is 0 Å². The Bertz CT molecular complexity index is 339. The number of aryl methyl sites for hydroxylation is 1. The van der Waals surface area contributed by atoms with Crippen molar-refractivity contribution >= 4 is 31.4 Å². The van der Waals surface area contributed by atoms with Gasteiger partial charge in [0.2, 0.25) is 0 Å². The van der Waals surface area contributed by atoms with Gasteiger partial charge in [-0.3, -0.25) is 0 Å². The van der Waals surface area contributed by atoms with Gasteiger partial charge in [0.1, 0.15) is 0 Å². The Labute approximate surface area is 131 Å². The van der Waals surface area contributed by atoms with E-state index in [4.69, 9.17) is 13.3 Å². The van der Waals surface area contributed by atoms with Crippen LogP contribution in [0.5, 0.6) is 0 Å². The van der Waals surface area contributed by atoms with Gasteiger partial charge < -0.3 is 13.3 Å². The summed E-state index contributed by atoms with van der Waals surface area (Å²) < 4.78 is 18.8. The average molecular weight is 394 g/mol. The molecule has 0 aromatic heterocycles. The van der Waals surface area contributed by atoms with Crippen LogP contribution in [0.3, 0.4) is 0 Å². The Kier molecular flexibility index (Phi) is 8.16. The second-order valence-corrected chi connectivity index (χ2v) is 8.09. The molecular weight excluding hydrogens is 371 g/mol. The van der Waals surface area contributed by atoms with Gasteiger partial charge in [0.05, 0.1) is 0 Å². The molecule has 0 aliphatic rings.